The highest BCUT2D eigenvalue weighted by molar-refractivity contribution is 6.09. The van der Waals surface area contributed by atoms with Gasteiger partial charge in [0.25, 0.3) is 5.91 Å². The number of nitrogens with zero attached hydrogens (tertiary/aromatic N) is 2. The molecule has 1 N–H and O–H groups in total. The number of carbonyl (C=O) groups is 3. The van der Waals surface area contributed by atoms with Gasteiger partial charge >= 0.3 is 6.03 Å². The number of hydrogen-bond acceptors (Lipinski definition) is 3. The second-order valence-corrected chi connectivity index (χ2v) is 7.17. The molecule has 6 nitrogen and oxygen atoms in total. The molecular weight excluding hydrogens is 330 g/mol. The third-order valence-corrected chi connectivity index (χ3v) is 5.49. The molecule has 0 bridgehead atoms. The fourth-order valence-corrected chi connectivity index (χ4v) is 3.92. The van der Waals surface area contributed by atoms with E-state index in [2.05, 4.69) is 5.32 Å². The zero-order valence-corrected chi connectivity index (χ0v) is 15.4. The molecule has 140 valence electrons. The summed E-state index contributed by atoms with van der Waals surface area (Å²) >= 11 is 0. The number of carbonyl (C=O) groups excluding carboxylic acids is 3. The number of likely N-dealkylation sites (N-methyl/N-ethyl adjacent to an activating group) is 1. The zero-order chi connectivity index (χ0) is 18.6. The molecule has 0 aromatic heterocycles. The fraction of sp³-hybridized carbons (Fsp3) is 0.550. The molecule has 4 amide bonds. The van der Waals surface area contributed by atoms with Crippen molar-refractivity contribution in [3.63, 3.8) is 0 Å². The van der Waals surface area contributed by atoms with Gasteiger partial charge in [-0.3, -0.25) is 14.5 Å². The van der Waals surface area contributed by atoms with Crippen LogP contribution in [-0.2, 0) is 16.0 Å². The van der Waals surface area contributed by atoms with Crippen molar-refractivity contribution in [1.82, 2.24) is 15.1 Å². The highest BCUT2D eigenvalue weighted by Gasteiger charge is 2.51. The minimum atomic E-state index is -0.767. The van der Waals surface area contributed by atoms with E-state index in [-0.39, 0.29) is 18.4 Å². The fourth-order valence-electron chi connectivity index (χ4n) is 3.92. The van der Waals surface area contributed by atoms with Crippen molar-refractivity contribution in [3.8, 4) is 0 Å². The molecule has 1 spiro atoms. The highest BCUT2D eigenvalue weighted by atomic mass is 16.2. The Morgan fingerprint density at radius 1 is 1.15 bits per heavy atom. The number of imide groups is 1. The third kappa shape index (κ3) is 3.74. The Morgan fingerprint density at radius 3 is 2.50 bits per heavy atom. The molecule has 1 heterocycles. The Morgan fingerprint density at radius 2 is 1.85 bits per heavy atom. The maximum Gasteiger partial charge on any atom is 0.325 e. The molecule has 0 atom stereocenters. The van der Waals surface area contributed by atoms with E-state index < -0.39 is 11.6 Å². The molecule has 0 unspecified atom stereocenters. The summed E-state index contributed by atoms with van der Waals surface area (Å²) in [5, 5.41) is 2.86. The molecule has 3 rings (SSSR count). The SMILES string of the molecule is CCN(CCc1ccccc1)C(=O)CN1C(=O)NC2(CCCCC2)C1=O. The van der Waals surface area contributed by atoms with E-state index in [1.54, 1.807) is 4.90 Å². The molecule has 1 saturated heterocycles. The maximum absolute atomic E-state index is 12.8. The van der Waals surface area contributed by atoms with Crippen molar-refractivity contribution in [3.05, 3.63) is 35.9 Å². The van der Waals surface area contributed by atoms with E-state index in [1.807, 2.05) is 37.3 Å². The lowest BCUT2D eigenvalue weighted by Crippen LogP contribution is -2.49. The molecule has 6 heteroatoms. The second kappa shape index (κ2) is 7.89. The standard InChI is InChI=1S/C20H27N3O3/c1-2-22(14-11-16-9-5-3-6-10-16)17(24)15-23-18(25)20(21-19(23)26)12-7-4-8-13-20/h3,5-6,9-10H,2,4,7-8,11-15H2,1H3,(H,21,26). The average Bonchev–Trinajstić information content (AvgIpc) is 2.88. The Labute approximate surface area is 154 Å². The van der Waals surface area contributed by atoms with Crippen molar-refractivity contribution in [2.24, 2.45) is 0 Å². The molecule has 0 radical (unpaired) electrons. The first kappa shape index (κ1) is 18.4. The first-order valence-electron chi connectivity index (χ1n) is 9.51. The molecule has 1 aliphatic heterocycles. The zero-order valence-electron chi connectivity index (χ0n) is 15.4. The van der Waals surface area contributed by atoms with Crippen LogP contribution in [0.2, 0.25) is 0 Å². The molecular formula is C20H27N3O3. The maximum atomic E-state index is 12.8. The van der Waals surface area contributed by atoms with Gasteiger partial charge in [-0.25, -0.2) is 4.79 Å². The Bertz CT molecular complexity index is 668. The molecule has 2 fully saturated rings. The van der Waals surface area contributed by atoms with Crippen LogP contribution in [-0.4, -0.2) is 52.8 Å². The van der Waals surface area contributed by atoms with Gasteiger partial charge < -0.3 is 10.2 Å². The van der Waals surface area contributed by atoms with Crippen molar-refractivity contribution < 1.29 is 14.4 Å². The predicted molar refractivity (Wildman–Crippen MR) is 98.5 cm³/mol. The smallest absolute Gasteiger partial charge is 0.325 e. The lowest BCUT2D eigenvalue weighted by molar-refractivity contribution is -0.139. The number of nitrogens with one attached hydrogen (secondary N) is 1. The van der Waals surface area contributed by atoms with E-state index in [4.69, 9.17) is 0 Å². The Kier molecular flexibility index (Phi) is 5.59. The van der Waals surface area contributed by atoms with Gasteiger partial charge in [-0.2, -0.15) is 0 Å². The predicted octanol–water partition coefficient (Wildman–Crippen LogP) is 2.33. The van der Waals surface area contributed by atoms with E-state index in [0.29, 0.717) is 25.9 Å². The van der Waals surface area contributed by atoms with Gasteiger partial charge in [-0.1, -0.05) is 49.6 Å². The van der Waals surface area contributed by atoms with E-state index in [1.165, 1.54) is 0 Å². The highest BCUT2D eigenvalue weighted by Crippen LogP contribution is 2.33. The summed E-state index contributed by atoms with van der Waals surface area (Å²) in [6, 6.07) is 9.55. The number of amides is 4. The van der Waals surface area contributed by atoms with Gasteiger partial charge in [-0.05, 0) is 31.7 Å². The molecule has 1 aromatic rings. The van der Waals surface area contributed by atoms with E-state index in [9.17, 15) is 14.4 Å². The molecule has 2 aliphatic rings. The quantitative estimate of drug-likeness (QED) is 0.795. The lowest BCUT2D eigenvalue weighted by atomic mass is 9.82. The summed E-state index contributed by atoms with van der Waals surface area (Å²) in [6.45, 7) is 2.88. The van der Waals surface area contributed by atoms with Crippen molar-refractivity contribution >= 4 is 17.8 Å². The minimum absolute atomic E-state index is 0.172. The summed E-state index contributed by atoms with van der Waals surface area (Å²) < 4.78 is 0. The van der Waals surface area contributed by atoms with E-state index >= 15 is 0 Å². The topological polar surface area (TPSA) is 69.7 Å². The molecule has 1 aliphatic carbocycles. The first-order chi connectivity index (χ1) is 12.6. The van der Waals surface area contributed by atoms with Crippen molar-refractivity contribution in [2.75, 3.05) is 19.6 Å². The van der Waals surface area contributed by atoms with Crippen LogP contribution < -0.4 is 5.32 Å². The van der Waals surface area contributed by atoms with E-state index in [0.717, 1.165) is 36.1 Å². The van der Waals surface area contributed by atoms with Gasteiger partial charge in [0.2, 0.25) is 5.91 Å². The Hall–Kier alpha value is -2.37. The van der Waals surface area contributed by atoms with Crippen molar-refractivity contribution in [1.29, 1.82) is 0 Å². The average molecular weight is 357 g/mol. The van der Waals surface area contributed by atoms with Gasteiger partial charge in [0.15, 0.2) is 0 Å². The number of urea groups is 1. The van der Waals surface area contributed by atoms with Crippen LogP contribution in [0.3, 0.4) is 0 Å². The first-order valence-corrected chi connectivity index (χ1v) is 9.51. The number of hydrogen-bond donors (Lipinski definition) is 1. The van der Waals surface area contributed by atoms with Gasteiger partial charge in [0.1, 0.15) is 12.1 Å². The molecule has 26 heavy (non-hydrogen) atoms. The number of benzene rings is 1. The monoisotopic (exact) mass is 357 g/mol. The summed E-state index contributed by atoms with van der Waals surface area (Å²) in [5.74, 6) is -0.408. The van der Waals surface area contributed by atoms with Crippen LogP contribution in [0.4, 0.5) is 4.79 Å². The summed E-state index contributed by atoms with van der Waals surface area (Å²) in [7, 11) is 0. The van der Waals surface area contributed by atoms with Crippen LogP contribution >= 0.6 is 0 Å². The molecule has 1 saturated carbocycles. The van der Waals surface area contributed by atoms with Crippen LogP contribution in [0.25, 0.3) is 0 Å². The van der Waals surface area contributed by atoms with Crippen LogP contribution in [0.1, 0.15) is 44.6 Å². The number of rotatable bonds is 6. The van der Waals surface area contributed by atoms with Gasteiger partial charge in [0.05, 0.1) is 0 Å². The lowest BCUT2D eigenvalue weighted by Gasteiger charge is -2.30. The normalized spacial score (nSPS) is 18.9. The van der Waals surface area contributed by atoms with Crippen LogP contribution in [0.15, 0.2) is 30.3 Å². The Balaban J connectivity index is 1.60. The summed E-state index contributed by atoms with van der Waals surface area (Å²) in [6.07, 6.45) is 5.07. The van der Waals surface area contributed by atoms with Gasteiger partial charge in [0, 0.05) is 13.1 Å². The van der Waals surface area contributed by atoms with Crippen LogP contribution in [0, 0.1) is 0 Å². The third-order valence-electron chi connectivity index (χ3n) is 5.49. The summed E-state index contributed by atoms with van der Waals surface area (Å²) in [4.78, 5) is 40.6. The summed E-state index contributed by atoms with van der Waals surface area (Å²) in [5.41, 5.74) is 0.395. The minimum Gasteiger partial charge on any atom is -0.341 e. The molecule has 1 aromatic carbocycles. The second-order valence-electron chi connectivity index (χ2n) is 7.17. The van der Waals surface area contributed by atoms with Gasteiger partial charge in [-0.15, -0.1) is 0 Å². The van der Waals surface area contributed by atoms with Crippen LogP contribution in [0.5, 0.6) is 0 Å². The van der Waals surface area contributed by atoms with Crippen molar-refractivity contribution in [2.45, 2.75) is 51.0 Å². The largest absolute Gasteiger partial charge is 0.341 e.